The molecule has 1 heteroatoms. The first kappa shape index (κ1) is 16.3. The third-order valence-electron chi connectivity index (χ3n) is 1.28. The molecule has 0 fully saturated rings. The molecule has 0 radical (unpaired) electrons. The highest BCUT2D eigenvalue weighted by Crippen LogP contribution is 1.88. The van der Waals surface area contributed by atoms with Gasteiger partial charge in [-0.25, -0.2) is 0 Å². The van der Waals surface area contributed by atoms with Crippen LogP contribution in [0.3, 0.4) is 0 Å². The summed E-state index contributed by atoms with van der Waals surface area (Å²) < 4.78 is 0. The highest BCUT2D eigenvalue weighted by molar-refractivity contribution is 5.04. The van der Waals surface area contributed by atoms with Crippen LogP contribution in [0, 0.1) is 6.92 Å². The summed E-state index contributed by atoms with van der Waals surface area (Å²) >= 11 is 0. The Morgan fingerprint density at radius 2 is 1.87 bits per heavy atom. The minimum Gasteiger partial charge on any atom is -0.264 e. The molecule has 15 heavy (non-hydrogen) atoms. The van der Waals surface area contributed by atoms with E-state index in [9.17, 15) is 0 Å². The van der Waals surface area contributed by atoms with Crippen LogP contribution < -0.4 is 0 Å². The van der Waals surface area contributed by atoms with Gasteiger partial charge in [-0.3, -0.25) is 4.98 Å². The number of pyridine rings is 1. The first-order valence-corrected chi connectivity index (χ1v) is 5.70. The Bertz CT molecular complexity index is 214. The van der Waals surface area contributed by atoms with E-state index in [4.69, 9.17) is 0 Å². The van der Waals surface area contributed by atoms with Gasteiger partial charge in [-0.15, -0.1) is 0 Å². The molecule has 0 saturated carbocycles. The summed E-state index contributed by atoms with van der Waals surface area (Å²) in [6, 6.07) is 3.95. The molecule has 1 aromatic heterocycles. The van der Waals surface area contributed by atoms with Crippen molar-refractivity contribution in [3.63, 3.8) is 0 Å². The molecule has 0 spiro atoms. The number of aryl methyl sites for hydroxylation is 1. The average molecular weight is 207 g/mol. The average Bonchev–Trinajstić information content (AvgIpc) is 2.22. The third-order valence-corrected chi connectivity index (χ3v) is 1.28. The molecular weight excluding hydrogens is 182 g/mol. The SMILES string of the molecule is C/C=C/CC.CCC.Cc1cccnc1. The number of hydrogen-bond acceptors (Lipinski definition) is 1. The summed E-state index contributed by atoms with van der Waals surface area (Å²) in [4.78, 5) is 3.88. The molecule has 0 unspecified atom stereocenters. The normalized spacial score (nSPS) is 8.60. The van der Waals surface area contributed by atoms with Gasteiger partial charge in [-0.1, -0.05) is 45.4 Å². The highest BCUT2D eigenvalue weighted by Gasteiger charge is 1.73. The van der Waals surface area contributed by atoms with Gasteiger partial charge in [-0.05, 0) is 31.9 Å². The van der Waals surface area contributed by atoms with Crippen molar-refractivity contribution in [3.05, 3.63) is 42.2 Å². The lowest BCUT2D eigenvalue weighted by molar-refractivity contribution is 1.09. The smallest absolute Gasteiger partial charge is 0.0297 e. The summed E-state index contributed by atoms with van der Waals surface area (Å²) in [7, 11) is 0. The van der Waals surface area contributed by atoms with Crippen LogP contribution >= 0.6 is 0 Å². The van der Waals surface area contributed by atoms with Crippen molar-refractivity contribution in [2.24, 2.45) is 0 Å². The predicted octanol–water partition coefficient (Wildman–Crippen LogP) is 4.78. The van der Waals surface area contributed by atoms with Crippen LogP contribution in [0.15, 0.2) is 36.7 Å². The van der Waals surface area contributed by atoms with E-state index in [1.165, 1.54) is 12.0 Å². The quantitative estimate of drug-likeness (QED) is 0.604. The summed E-state index contributed by atoms with van der Waals surface area (Å²) in [5.41, 5.74) is 1.21. The van der Waals surface area contributed by atoms with Crippen molar-refractivity contribution in [1.29, 1.82) is 0 Å². The standard InChI is InChI=1S/C6H7N.C5H10.C3H8/c1-6-3-2-4-7-5-6;1-3-5-4-2;1-3-2/h2-5H,1H3;3,5H,4H2,1-2H3;3H2,1-2H3/b;5-3+;. The van der Waals surface area contributed by atoms with E-state index in [0.717, 1.165) is 6.42 Å². The van der Waals surface area contributed by atoms with Crippen molar-refractivity contribution < 1.29 is 0 Å². The number of nitrogens with zero attached hydrogens (tertiary/aromatic N) is 1. The summed E-state index contributed by atoms with van der Waals surface area (Å²) in [5, 5.41) is 0. The van der Waals surface area contributed by atoms with E-state index in [2.05, 4.69) is 37.9 Å². The number of hydrogen-bond donors (Lipinski definition) is 0. The lowest BCUT2D eigenvalue weighted by Crippen LogP contribution is -1.69. The second-order valence-corrected chi connectivity index (χ2v) is 3.21. The van der Waals surface area contributed by atoms with Crippen LogP contribution in [0.5, 0.6) is 0 Å². The van der Waals surface area contributed by atoms with Crippen LogP contribution in [0.2, 0.25) is 0 Å². The minimum atomic E-state index is 1.16. The molecule has 0 aliphatic carbocycles. The van der Waals surface area contributed by atoms with E-state index in [-0.39, 0.29) is 0 Å². The zero-order valence-corrected chi connectivity index (χ0v) is 10.8. The molecule has 0 aromatic carbocycles. The molecule has 86 valence electrons. The minimum absolute atomic E-state index is 1.16. The van der Waals surface area contributed by atoms with Crippen molar-refractivity contribution in [1.82, 2.24) is 4.98 Å². The Kier molecular flexibility index (Phi) is 16.7. The van der Waals surface area contributed by atoms with Crippen LogP contribution in [-0.2, 0) is 0 Å². The Balaban J connectivity index is 0. The van der Waals surface area contributed by atoms with Crippen LogP contribution in [-0.4, -0.2) is 4.98 Å². The number of rotatable bonds is 1. The van der Waals surface area contributed by atoms with Gasteiger partial charge in [0.15, 0.2) is 0 Å². The van der Waals surface area contributed by atoms with Gasteiger partial charge in [0, 0.05) is 12.4 Å². The maximum absolute atomic E-state index is 3.88. The first-order chi connectivity index (χ1) is 7.22. The van der Waals surface area contributed by atoms with E-state index in [1.807, 2.05) is 32.2 Å². The van der Waals surface area contributed by atoms with Crippen molar-refractivity contribution in [3.8, 4) is 0 Å². The van der Waals surface area contributed by atoms with Gasteiger partial charge in [0.2, 0.25) is 0 Å². The fourth-order valence-corrected chi connectivity index (χ4v) is 0.684. The highest BCUT2D eigenvalue weighted by atomic mass is 14.6. The Labute approximate surface area is 95.3 Å². The molecule has 0 aliphatic rings. The lowest BCUT2D eigenvalue weighted by Gasteiger charge is -1.82. The topological polar surface area (TPSA) is 12.9 Å². The van der Waals surface area contributed by atoms with Gasteiger partial charge >= 0.3 is 0 Å². The van der Waals surface area contributed by atoms with E-state index < -0.39 is 0 Å². The molecule has 0 aliphatic heterocycles. The molecule has 0 N–H and O–H groups in total. The zero-order valence-electron chi connectivity index (χ0n) is 10.8. The molecule has 0 bridgehead atoms. The summed E-state index contributed by atoms with van der Waals surface area (Å²) in [6.45, 7) is 10.4. The first-order valence-electron chi connectivity index (χ1n) is 5.70. The lowest BCUT2D eigenvalue weighted by atomic mass is 10.3. The second-order valence-electron chi connectivity index (χ2n) is 3.21. The molecule has 0 saturated heterocycles. The molecule has 1 heterocycles. The zero-order chi connectivity index (χ0) is 11.9. The maximum atomic E-state index is 3.88. The summed E-state index contributed by atoms with van der Waals surface area (Å²) in [6.07, 6.45) is 10.2. The van der Waals surface area contributed by atoms with Crippen molar-refractivity contribution >= 4 is 0 Å². The van der Waals surface area contributed by atoms with E-state index in [0.29, 0.717) is 0 Å². The Hall–Kier alpha value is -1.11. The second kappa shape index (κ2) is 15.4. The van der Waals surface area contributed by atoms with Crippen molar-refractivity contribution in [2.45, 2.75) is 47.5 Å². The van der Waals surface area contributed by atoms with E-state index in [1.54, 1.807) is 6.20 Å². The largest absolute Gasteiger partial charge is 0.264 e. The molecule has 1 aromatic rings. The van der Waals surface area contributed by atoms with Gasteiger partial charge in [-0.2, -0.15) is 0 Å². The molecule has 0 atom stereocenters. The predicted molar refractivity (Wildman–Crippen MR) is 70.0 cm³/mol. The van der Waals surface area contributed by atoms with Gasteiger partial charge in [0.1, 0.15) is 0 Å². The van der Waals surface area contributed by atoms with Crippen LogP contribution in [0.1, 0.15) is 46.1 Å². The maximum Gasteiger partial charge on any atom is 0.0297 e. The Morgan fingerprint density at radius 1 is 1.27 bits per heavy atom. The van der Waals surface area contributed by atoms with Crippen LogP contribution in [0.25, 0.3) is 0 Å². The molecule has 1 nitrogen and oxygen atoms in total. The fourth-order valence-electron chi connectivity index (χ4n) is 0.684. The van der Waals surface area contributed by atoms with E-state index >= 15 is 0 Å². The van der Waals surface area contributed by atoms with Crippen LogP contribution in [0.4, 0.5) is 0 Å². The fraction of sp³-hybridized carbons (Fsp3) is 0.500. The third kappa shape index (κ3) is 19.3. The monoisotopic (exact) mass is 207 g/mol. The molecule has 1 rings (SSSR count). The van der Waals surface area contributed by atoms with Gasteiger partial charge in [0.25, 0.3) is 0 Å². The molecule has 0 amide bonds. The number of allylic oxidation sites excluding steroid dienone is 2. The summed E-state index contributed by atoms with van der Waals surface area (Å²) in [5.74, 6) is 0. The van der Waals surface area contributed by atoms with Crippen molar-refractivity contribution in [2.75, 3.05) is 0 Å². The Morgan fingerprint density at radius 3 is 2.00 bits per heavy atom. The van der Waals surface area contributed by atoms with Gasteiger partial charge < -0.3 is 0 Å². The number of aromatic nitrogens is 1. The van der Waals surface area contributed by atoms with Gasteiger partial charge in [0.05, 0.1) is 0 Å². The molecular formula is C14H25N.